The highest BCUT2D eigenvalue weighted by Crippen LogP contribution is 2.25. The van der Waals surface area contributed by atoms with Crippen LogP contribution in [0.5, 0.6) is 0 Å². The molecule has 2 N–H and O–H groups in total. The third-order valence-corrected chi connectivity index (χ3v) is 4.52. The van der Waals surface area contributed by atoms with Crippen molar-refractivity contribution in [1.82, 2.24) is 15.1 Å². The Morgan fingerprint density at radius 2 is 2.05 bits per heavy atom. The summed E-state index contributed by atoms with van der Waals surface area (Å²) >= 11 is 0. The molecule has 6 nitrogen and oxygen atoms in total. The smallest absolute Gasteiger partial charge is 0.319 e. The van der Waals surface area contributed by atoms with Crippen LogP contribution in [0.15, 0.2) is 0 Å². The van der Waals surface area contributed by atoms with Crippen LogP contribution >= 0.6 is 0 Å². The Kier molecular flexibility index (Phi) is 5.45. The molecule has 3 unspecified atom stereocenters. The molecule has 6 heteroatoms. The van der Waals surface area contributed by atoms with Gasteiger partial charge in [-0.25, -0.2) is 4.79 Å². The summed E-state index contributed by atoms with van der Waals surface area (Å²) in [5, 5.41) is 12.5. The van der Waals surface area contributed by atoms with E-state index in [4.69, 9.17) is 0 Å². The first-order valence-corrected chi connectivity index (χ1v) is 7.89. The molecule has 0 bridgehead atoms. The van der Waals surface area contributed by atoms with Crippen molar-refractivity contribution in [2.24, 2.45) is 11.8 Å². The van der Waals surface area contributed by atoms with E-state index in [2.05, 4.69) is 5.32 Å². The summed E-state index contributed by atoms with van der Waals surface area (Å²) in [6, 6.07) is -0.0218. The summed E-state index contributed by atoms with van der Waals surface area (Å²) in [5.74, 6) is 0.341. The number of rotatable bonds is 3. The number of likely N-dealkylation sites (tertiary alicyclic amines) is 1. The van der Waals surface area contributed by atoms with Crippen molar-refractivity contribution < 1.29 is 14.7 Å². The third-order valence-electron chi connectivity index (χ3n) is 4.52. The molecule has 2 aliphatic rings. The number of nitrogens with zero attached hydrogens (tertiary/aromatic N) is 2. The molecule has 0 radical (unpaired) electrons. The van der Waals surface area contributed by atoms with E-state index >= 15 is 0 Å². The Morgan fingerprint density at radius 1 is 1.29 bits per heavy atom. The van der Waals surface area contributed by atoms with Crippen molar-refractivity contribution in [2.75, 3.05) is 33.7 Å². The van der Waals surface area contributed by atoms with Crippen LogP contribution in [-0.2, 0) is 4.79 Å². The fourth-order valence-electron chi connectivity index (χ4n) is 3.27. The summed E-state index contributed by atoms with van der Waals surface area (Å²) in [6.45, 7) is 1.89. The molecule has 1 aliphatic carbocycles. The second kappa shape index (κ2) is 7.11. The molecule has 1 heterocycles. The van der Waals surface area contributed by atoms with Gasteiger partial charge in [-0.2, -0.15) is 0 Å². The van der Waals surface area contributed by atoms with Crippen LogP contribution in [-0.4, -0.2) is 66.7 Å². The van der Waals surface area contributed by atoms with E-state index in [1.54, 1.807) is 23.9 Å². The van der Waals surface area contributed by atoms with Crippen LogP contribution in [0.1, 0.15) is 32.1 Å². The highest BCUT2D eigenvalue weighted by molar-refractivity contribution is 5.80. The maximum absolute atomic E-state index is 12.2. The van der Waals surface area contributed by atoms with E-state index in [9.17, 15) is 14.7 Å². The maximum atomic E-state index is 12.2. The molecular weight excluding hydrogens is 270 g/mol. The Labute approximate surface area is 126 Å². The largest absolute Gasteiger partial charge is 0.393 e. The lowest BCUT2D eigenvalue weighted by atomic mass is 9.97. The Morgan fingerprint density at radius 3 is 2.67 bits per heavy atom. The highest BCUT2D eigenvalue weighted by Gasteiger charge is 2.30. The lowest BCUT2D eigenvalue weighted by molar-refractivity contribution is -0.126. The number of piperidine rings is 1. The highest BCUT2D eigenvalue weighted by atomic mass is 16.3. The van der Waals surface area contributed by atoms with E-state index in [1.165, 1.54) is 0 Å². The van der Waals surface area contributed by atoms with E-state index in [0.717, 1.165) is 38.6 Å². The van der Waals surface area contributed by atoms with E-state index in [0.29, 0.717) is 19.0 Å². The van der Waals surface area contributed by atoms with Gasteiger partial charge in [0.05, 0.1) is 12.0 Å². The number of amides is 3. The minimum Gasteiger partial charge on any atom is -0.393 e. The number of hydrogen-bond donors (Lipinski definition) is 2. The number of urea groups is 1. The number of carbonyl (C=O) groups excluding carboxylic acids is 2. The Balaban J connectivity index is 1.78. The van der Waals surface area contributed by atoms with E-state index in [1.807, 2.05) is 0 Å². The van der Waals surface area contributed by atoms with Crippen molar-refractivity contribution >= 4 is 11.9 Å². The van der Waals surface area contributed by atoms with Crippen molar-refractivity contribution in [3.05, 3.63) is 0 Å². The van der Waals surface area contributed by atoms with Gasteiger partial charge >= 0.3 is 6.03 Å². The van der Waals surface area contributed by atoms with Gasteiger partial charge in [-0.05, 0) is 38.0 Å². The molecule has 0 aromatic heterocycles. The minimum atomic E-state index is -0.199. The molecule has 2 rings (SSSR count). The summed E-state index contributed by atoms with van der Waals surface area (Å²) in [5.41, 5.74) is 0. The molecule has 1 saturated heterocycles. The van der Waals surface area contributed by atoms with Gasteiger partial charge in [0.15, 0.2) is 0 Å². The van der Waals surface area contributed by atoms with E-state index < -0.39 is 0 Å². The number of aliphatic hydroxyl groups excluding tert-OH is 1. The van der Waals surface area contributed by atoms with Gasteiger partial charge in [-0.1, -0.05) is 0 Å². The summed E-state index contributed by atoms with van der Waals surface area (Å²) in [7, 11) is 3.47. The molecule has 0 spiro atoms. The zero-order valence-electron chi connectivity index (χ0n) is 13.0. The van der Waals surface area contributed by atoms with Crippen LogP contribution in [0.3, 0.4) is 0 Å². The molecule has 2 fully saturated rings. The summed E-state index contributed by atoms with van der Waals surface area (Å²) in [4.78, 5) is 27.5. The number of aliphatic hydroxyl groups is 1. The number of nitrogens with one attached hydrogen (secondary N) is 1. The summed E-state index contributed by atoms with van der Waals surface area (Å²) < 4.78 is 0. The molecule has 1 saturated carbocycles. The predicted octanol–water partition coefficient (Wildman–Crippen LogP) is 0.657. The first kappa shape index (κ1) is 16.1. The quantitative estimate of drug-likeness (QED) is 0.803. The fraction of sp³-hybridized carbons (Fsp3) is 0.867. The molecule has 0 aromatic carbocycles. The van der Waals surface area contributed by atoms with Gasteiger partial charge in [-0.3, -0.25) is 4.79 Å². The van der Waals surface area contributed by atoms with Crippen molar-refractivity contribution in [1.29, 1.82) is 0 Å². The van der Waals surface area contributed by atoms with Gasteiger partial charge in [-0.15, -0.1) is 0 Å². The average molecular weight is 297 g/mol. The first-order valence-electron chi connectivity index (χ1n) is 7.89. The van der Waals surface area contributed by atoms with Crippen molar-refractivity contribution in [3.8, 4) is 0 Å². The van der Waals surface area contributed by atoms with Gasteiger partial charge in [0.1, 0.15) is 0 Å². The van der Waals surface area contributed by atoms with Gasteiger partial charge in [0.2, 0.25) is 5.91 Å². The Bertz CT molecular complexity index is 386. The average Bonchev–Trinajstić information content (AvgIpc) is 2.89. The second-order valence-corrected chi connectivity index (χ2v) is 6.54. The topological polar surface area (TPSA) is 72.9 Å². The molecule has 3 amide bonds. The molecule has 120 valence electrons. The third kappa shape index (κ3) is 4.33. The summed E-state index contributed by atoms with van der Waals surface area (Å²) in [6.07, 6.45) is 4.13. The van der Waals surface area contributed by atoms with Crippen LogP contribution in [0.2, 0.25) is 0 Å². The number of carbonyl (C=O) groups is 2. The molecule has 0 aromatic rings. The second-order valence-electron chi connectivity index (χ2n) is 6.54. The van der Waals surface area contributed by atoms with E-state index in [-0.39, 0.29) is 24.0 Å². The normalized spacial score (nSPS) is 29.3. The molecular formula is C15H27N3O3. The molecule has 1 aliphatic heterocycles. The van der Waals surface area contributed by atoms with Gasteiger partial charge in [0, 0.05) is 33.7 Å². The van der Waals surface area contributed by atoms with Crippen molar-refractivity contribution in [2.45, 2.75) is 38.2 Å². The standard InChI is InChI=1S/C15H27N3O3/c1-17(2)15(21)18-7-3-4-12(10-18)14(20)16-9-11-5-6-13(19)8-11/h11-13,19H,3-10H2,1-2H3,(H,16,20). The lowest BCUT2D eigenvalue weighted by Gasteiger charge is -2.33. The van der Waals surface area contributed by atoms with Crippen LogP contribution in [0.4, 0.5) is 4.79 Å². The zero-order valence-corrected chi connectivity index (χ0v) is 13.0. The minimum absolute atomic E-state index is 0.0218. The molecule has 3 atom stereocenters. The van der Waals surface area contributed by atoms with Gasteiger partial charge in [0.25, 0.3) is 0 Å². The fourth-order valence-corrected chi connectivity index (χ4v) is 3.27. The maximum Gasteiger partial charge on any atom is 0.319 e. The predicted molar refractivity (Wildman–Crippen MR) is 79.7 cm³/mol. The SMILES string of the molecule is CN(C)C(=O)N1CCCC(C(=O)NCC2CCC(O)C2)C1. The van der Waals surface area contributed by atoms with Crippen molar-refractivity contribution in [3.63, 3.8) is 0 Å². The molecule has 21 heavy (non-hydrogen) atoms. The van der Waals surface area contributed by atoms with Gasteiger partial charge < -0.3 is 20.2 Å². The van der Waals surface area contributed by atoms with Crippen LogP contribution in [0.25, 0.3) is 0 Å². The monoisotopic (exact) mass is 297 g/mol. The van der Waals surface area contributed by atoms with Crippen LogP contribution < -0.4 is 5.32 Å². The Hall–Kier alpha value is -1.30. The lowest BCUT2D eigenvalue weighted by Crippen LogP contribution is -2.48. The first-order chi connectivity index (χ1) is 9.97. The zero-order chi connectivity index (χ0) is 15.4. The number of hydrogen-bond acceptors (Lipinski definition) is 3. The van der Waals surface area contributed by atoms with Crippen LogP contribution in [0, 0.1) is 11.8 Å².